The number of ketones is 1. The summed E-state index contributed by atoms with van der Waals surface area (Å²) in [6.07, 6.45) is 0. The van der Waals surface area contributed by atoms with Gasteiger partial charge in [-0.25, -0.2) is 0 Å². The van der Waals surface area contributed by atoms with E-state index in [0.717, 1.165) is 10.9 Å². The summed E-state index contributed by atoms with van der Waals surface area (Å²) in [6.45, 7) is 1.98. The van der Waals surface area contributed by atoms with Crippen LogP contribution in [0.1, 0.15) is 16.1 Å². The zero-order chi connectivity index (χ0) is 13.9. The summed E-state index contributed by atoms with van der Waals surface area (Å²) in [4.78, 5) is 12.0. The van der Waals surface area contributed by atoms with Gasteiger partial charge in [0.15, 0.2) is 12.4 Å². The maximum Gasteiger partial charge on any atom is 0.235 e. The molecule has 0 saturated carbocycles. The Morgan fingerprint density at radius 1 is 1.10 bits per heavy atom. The number of benzene rings is 2. The van der Waals surface area contributed by atoms with E-state index in [2.05, 4.69) is 0 Å². The third-order valence-corrected chi connectivity index (χ3v) is 3.09. The smallest absolute Gasteiger partial charge is 0.235 e. The van der Waals surface area contributed by atoms with E-state index in [9.17, 15) is 4.79 Å². The number of hydrogen-bond donors (Lipinski definition) is 0. The van der Waals surface area contributed by atoms with Gasteiger partial charge in [-0.15, -0.1) is 0 Å². The van der Waals surface area contributed by atoms with E-state index in [-0.39, 0.29) is 12.4 Å². The Balaban J connectivity index is 1.71. The van der Waals surface area contributed by atoms with Gasteiger partial charge in [-0.05, 0) is 31.2 Å². The Morgan fingerprint density at radius 2 is 1.85 bits per heavy atom. The van der Waals surface area contributed by atoms with Crippen molar-refractivity contribution in [1.29, 1.82) is 0 Å². The highest BCUT2D eigenvalue weighted by molar-refractivity contribution is 5.98. The van der Waals surface area contributed by atoms with Crippen LogP contribution < -0.4 is 4.74 Å². The largest absolute Gasteiger partial charge is 0.485 e. The maximum atomic E-state index is 12.0. The molecule has 0 aliphatic heterocycles. The maximum absolute atomic E-state index is 12.0. The van der Waals surface area contributed by atoms with Crippen molar-refractivity contribution in [1.82, 2.24) is 0 Å². The van der Waals surface area contributed by atoms with Crippen molar-refractivity contribution < 1.29 is 13.9 Å². The molecule has 2 aromatic carbocycles. The minimum atomic E-state index is -0.165. The van der Waals surface area contributed by atoms with Crippen molar-refractivity contribution >= 4 is 16.8 Å². The van der Waals surface area contributed by atoms with Crippen LogP contribution >= 0.6 is 0 Å². The Morgan fingerprint density at radius 3 is 2.60 bits per heavy atom. The Kier molecular flexibility index (Phi) is 3.25. The lowest BCUT2D eigenvalue weighted by Gasteiger charge is -2.04. The van der Waals surface area contributed by atoms with Gasteiger partial charge in [0, 0.05) is 5.39 Å². The summed E-state index contributed by atoms with van der Waals surface area (Å²) in [5.41, 5.74) is 1.87. The highest BCUT2D eigenvalue weighted by atomic mass is 16.5. The van der Waals surface area contributed by atoms with Crippen LogP contribution in [0.5, 0.6) is 5.75 Å². The molecule has 1 heterocycles. The number of rotatable bonds is 4. The number of carbonyl (C=O) groups is 1. The monoisotopic (exact) mass is 266 g/mol. The first-order valence-electron chi connectivity index (χ1n) is 6.43. The second-order valence-corrected chi connectivity index (χ2v) is 4.67. The molecule has 0 N–H and O–H groups in total. The molecule has 0 saturated heterocycles. The minimum Gasteiger partial charge on any atom is -0.485 e. The van der Waals surface area contributed by atoms with Crippen LogP contribution in [0.2, 0.25) is 0 Å². The Bertz CT molecular complexity index is 705. The number of carbonyl (C=O) groups excluding carboxylic acids is 1. The van der Waals surface area contributed by atoms with Crippen LogP contribution in [-0.4, -0.2) is 12.4 Å². The number of fused-ring (bicyclic) bond motifs is 1. The lowest BCUT2D eigenvalue weighted by molar-refractivity contribution is 0.0896. The standard InChI is InChI=1S/C17H14O3/c1-12-6-8-14(9-7-12)19-11-15(18)17-10-13-4-2-3-5-16(13)20-17/h2-10H,11H2,1H3. The first kappa shape index (κ1) is 12.5. The van der Waals surface area contributed by atoms with Crippen molar-refractivity contribution in [2.45, 2.75) is 6.92 Å². The van der Waals surface area contributed by atoms with Crippen LogP contribution in [0.25, 0.3) is 11.0 Å². The van der Waals surface area contributed by atoms with Gasteiger partial charge >= 0.3 is 0 Å². The van der Waals surface area contributed by atoms with Gasteiger partial charge in [-0.2, -0.15) is 0 Å². The van der Waals surface area contributed by atoms with E-state index >= 15 is 0 Å². The topological polar surface area (TPSA) is 39.4 Å². The lowest BCUT2D eigenvalue weighted by atomic mass is 10.2. The number of hydrogen-bond acceptors (Lipinski definition) is 3. The van der Waals surface area contributed by atoms with Crippen LogP contribution in [0.4, 0.5) is 0 Å². The summed E-state index contributed by atoms with van der Waals surface area (Å²) in [7, 11) is 0. The van der Waals surface area contributed by atoms with E-state index in [4.69, 9.17) is 9.15 Å². The average molecular weight is 266 g/mol. The van der Waals surface area contributed by atoms with E-state index in [1.165, 1.54) is 0 Å². The summed E-state index contributed by atoms with van der Waals surface area (Å²) in [5.74, 6) is 0.847. The van der Waals surface area contributed by atoms with E-state index in [1.54, 1.807) is 6.07 Å². The molecule has 0 radical (unpaired) electrons. The molecular formula is C17H14O3. The molecule has 3 rings (SSSR count). The van der Waals surface area contributed by atoms with Gasteiger partial charge in [0.1, 0.15) is 11.3 Å². The molecule has 0 aliphatic rings. The zero-order valence-corrected chi connectivity index (χ0v) is 11.1. The molecule has 0 spiro atoms. The molecule has 0 aliphatic carbocycles. The fourth-order valence-electron chi connectivity index (χ4n) is 1.97. The summed E-state index contributed by atoms with van der Waals surface area (Å²) in [5, 5.41) is 0.922. The molecule has 0 atom stereocenters. The quantitative estimate of drug-likeness (QED) is 0.670. The van der Waals surface area contributed by atoms with E-state index < -0.39 is 0 Å². The average Bonchev–Trinajstić information content (AvgIpc) is 2.90. The van der Waals surface area contributed by atoms with Crippen molar-refractivity contribution in [2.24, 2.45) is 0 Å². The molecule has 3 aromatic rings. The molecule has 0 fully saturated rings. The summed E-state index contributed by atoms with van der Waals surface area (Å²) in [6, 6.07) is 16.9. The van der Waals surface area contributed by atoms with Crippen molar-refractivity contribution in [3.8, 4) is 5.75 Å². The first-order valence-corrected chi connectivity index (χ1v) is 6.43. The highest BCUT2D eigenvalue weighted by Gasteiger charge is 2.12. The fraction of sp³-hybridized carbons (Fsp3) is 0.118. The highest BCUT2D eigenvalue weighted by Crippen LogP contribution is 2.19. The summed E-state index contributed by atoms with van der Waals surface area (Å²) < 4.78 is 11.0. The number of furan rings is 1. The Labute approximate surface area is 116 Å². The van der Waals surface area contributed by atoms with Crippen molar-refractivity contribution in [3.05, 3.63) is 65.9 Å². The molecule has 100 valence electrons. The fourth-order valence-corrected chi connectivity index (χ4v) is 1.97. The number of Topliss-reactive ketones (excluding diaryl/α,β-unsaturated/α-hetero) is 1. The molecule has 3 heteroatoms. The van der Waals surface area contributed by atoms with Crippen molar-refractivity contribution in [3.63, 3.8) is 0 Å². The SMILES string of the molecule is Cc1ccc(OCC(=O)c2cc3ccccc3o2)cc1. The van der Waals surface area contributed by atoms with Gasteiger partial charge in [0.2, 0.25) is 5.78 Å². The predicted molar refractivity (Wildman–Crippen MR) is 77.2 cm³/mol. The second-order valence-electron chi connectivity index (χ2n) is 4.67. The van der Waals surface area contributed by atoms with Gasteiger partial charge in [0.25, 0.3) is 0 Å². The lowest BCUT2D eigenvalue weighted by Crippen LogP contribution is -2.10. The molecule has 20 heavy (non-hydrogen) atoms. The first-order chi connectivity index (χ1) is 9.72. The molecule has 0 amide bonds. The molecule has 0 unspecified atom stereocenters. The van der Waals surface area contributed by atoms with Crippen LogP contribution in [-0.2, 0) is 0 Å². The van der Waals surface area contributed by atoms with Crippen molar-refractivity contribution in [2.75, 3.05) is 6.61 Å². The Hall–Kier alpha value is -2.55. The third-order valence-electron chi connectivity index (χ3n) is 3.09. The minimum absolute atomic E-state index is 0.0249. The molecular weight excluding hydrogens is 252 g/mol. The number of para-hydroxylation sites is 1. The summed E-state index contributed by atoms with van der Waals surface area (Å²) >= 11 is 0. The predicted octanol–water partition coefficient (Wildman–Crippen LogP) is 4.00. The van der Waals surface area contributed by atoms with Gasteiger partial charge < -0.3 is 9.15 Å². The molecule has 3 nitrogen and oxygen atoms in total. The van der Waals surface area contributed by atoms with Gasteiger partial charge in [0.05, 0.1) is 0 Å². The van der Waals surface area contributed by atoms with E-state index in [1.807, 2.05) is 55.5 Å². The third kappa shape index (κ3) is 2.57. The number of ether oxygens (including phenoxy) is 1. The van der Waals surface area contributed by atoms with Gasteiger partial charge in [-0.1, -0.05) is 35.9 Å². The van der Waals surface area contributed by atoms with Gasteiger partial charge in [-0.3, -0.25) is 4.79 Å². The molecule has 1 aromatic heterocycles. The molecule has 0 bridgehead atoms. The normalized spacial score (nSPS) is 10.7. The zero-order valence-electron chi connectivity index (χ0n) is 11.1. The number of aryl methyl sites for hydroxylation is 1. The second kappa shape index (κ2) is 5.21. The van der Waals surface area contributed by atoms with Crippen LogP contribution in [0.3, 0.4) is 0 Å². The van der Waals surface area contributed by atoms with E-state index in [0.29, 0.717) is 17.1 Å². The van der Waals surface area contributed by atoms with Crippen LogP contribution in [0.15, 0.2) is 59.0 Å². The van der Waals surface area contributed by atoms with Crippen LogP contribution in [0, 0.1) is 6.92 Å².